The summed E-state index contributed by atoms with van der Waals surface area (Å²) in [5.74, 6) is -0.969. The SMILES string of the molecule is CCCCCCCOCC(OC)C(=O)O. The molecule has 0 amide bonds. The molecule has 4 nitrogen and oxygen atoms in total. The molecular weight excluding hydrogens is 196 g/mol. The minimum absolute atomic E-state index is 0.139. The molecule has 1 N–H and O–H groups in total. The van der Waals surface area contributed by atoms with Crippen LogP contribution in [0.1, 0.15) is 39.0 Å². The van der Waals surface area contributed by atoms with E-state index in [1.165, 1.54) is 26.4 Å². The molecule has 0 aromatic carbocycles. The Morgan fingerprint density at radius 3 is 2.47 bits per heavy atom. The van der Waals surface area contributed by atoms with E-state index < -0.39 is 12.1 Å². The van der Waals surface area contributed by atoms with E-state index in [2.05, 4.69) is 6.92 Å². The highest BCUT2D eigenvalue weighted by Crippen LogP contribution is 2.02. The predicted octanol–water partition coefficient (Wildman–Crippen LogP) is 2.07. The summed E-state index contributed by atoms with van der Waals surface area (Å²) in [6.45, 7) is 2.93. The van der Waals surface area contributed by atoms with Crippen molar-refractivity contribution < 1.29 is 19.4 Å². The summed E-state index contributed by atoms with van der Waals surface area (Å²) >= 11 is 0. The molecule has 0 aliphatic heterocycles. The third kappa shape index (κ3) is 8.39. The molecule has 0 rings (SSSR count). The van der Waals surface area contributed by atoms with Crippen molar-refractivity contribution >= 4 is 5.97 Å². The number of carboxylic acids is 1. The van der Waals surface area contributed by atoms with Crippen molar-refractivity contribution in [3.05, 3.63) is 0 Å². The monoisotopic (exact) mass is 218 g/mol. The van der Waals surface area contributed by atoms with E-state index in [-0.39, 0.29) is 6.61 Å². The van der Waals surface area contributed by atoms with Crippen molar-refractivity contribution in [2.24, 2.45) is 0 Å². The van der Waals surface area contributed by atoms with Gasteiger partial charge in [-0.25, -0.2) is 4.79 Å². The fraction of sp³-hybridized carbons (Fsp3) is 0.909. The lowest BCUT2D eigenvalue weighted by Crippen LogP contribution is -2.28. The van der Waals surface area contributed by atoms with Gasteiger partial charge in [0, 0.05) is 13.7 Å². The van der Waals surface area contributed by atoms with Crippen LogP contribution in [0.5, 0.6) is 0 Å². The normalized spacial score (nSPS) is 12.7. The van der Waals surface area contributed by atoms with Gasteiger partial charge in [-0.2, -0.15) is 0 Å². The van der Waals surface area contributed by atoms with Crippen LogP contribution in [-0.2, 0) is 14.3 Å². The van der Waals surface area contributed by atoms with E-state index in [0.29, 0.717) is 6.61 Å². The average Bonchev–Trinajstić information content (AvgIpc) is 2.21. The Balaban J connectivity index is 3.25. The molecule has 0 aromatic heterocycles. The lowest BCUT2D eigenvalue weighted by Gasteiger charge is -2.10. The summed E-state index contributed by atoms with van der Waals surface area (Å²) in [5.41, 5.74) is 0. The molecule has 0 saturated heterocycles. The molecule has 0 spiro atoms. The molecule has 4 heteroatoms. The molecule has 0 saturated carbocycles. The zero-order valence-electron chi connectivity index (χ0n) is 9.70. The van der Waals surface area contributed by atoms with Gasteiger partial charge < -0.3 is 14.6 Å². The highest BCUT2D eigenvalue weighted by molar-refractivity contribution is 5.72. The Bertz CT molecular complexity index is 159. The molecule has 1 unspecified atom stereocenters. The molecule has 0 heterocycles. The van der Waals surface area contributed by atoms with Crippen LogP contribution in [0.15, 0.2) is 0 Å². The number of carbonyl (C=O) groups is 1. The van der Waals surface area contributed by atoms with Crippen molar-refractivity contribution in [1.29, 1.82) is 0 Å². The topological polar surface area (TPSA) is 55.8 Å². The van der Waals surface area contributed by atoms with E-state index >= 15 is 0 Å². The first kappa shape index (κ1) is 14.4. The molecule has 15 heavy (non-hydrogen) atoms. The number of carboxylic acid groups (broad SMARTS) is 1. The maximum atomic E-state index is 10.5. The van der Waals surface area contributed by atoms with Gasteiger partial charge in [0.25, 0.3) is 0 Å². The largest absolute Gasteiger partial charge is 0.479 e. The van der Waals surface area contributed by atoms with E-state index in [0.717, 1.165) is 12.8 Å². The highest BCUT2D eigenvalue weighted by Gasteiger charge is 2.15. The summed E-state index contributed by atoms with van der Waals surface area (Å²) in [6.07, 6.45) is 5.03. The molecule has 1 atom stereocenters. The summed E-state index contributed by atoms with van der Waals surface area (Å²) in [5, 5.41) is 8.64. The summed E-state index contributed by atoms with van der Waals surface area (Å²) in [6, 6.07) is 0. The molecule has 0 aliphatic carbocycles. The van der Waals surface area contributed by atoms with Gasteiger partial charge in [-0.1, -0.05) is 32.6 Å². The fourth-order valence-corrected chi connectivity index (χ4v) is 1.24. The number of hydrogen-bond donors (Lipinski definition) is 1. The van der Waals surface area contributed by atoms with Crippen LogP contribution in [0.3, 0.4) is 0 Å². The summed E-state index contributed by atoms with van der Waals surface area (Å²) < 4.78 is 9.95. The van der Waals surface area contributed by atoms with Crippen molar-refractivity contribution in [1.82, 2.24) is 0 Å². The standard InChI is InChI=1S/C11H22O4/c1-3-4-5-6-7-8-15-9-10(14-2)11(12)13/h10H,3-9H2,1-2H3,(H,12,13). The molecule has 0 bridgehead atoms. The molecule has 90 valence electrons. The number of methoxy groups -OCH3 is 1. The first-order chi connectivity index (χ1) is 7.22. The second-order valence-electron chi connectivity index (χ2n) is 3.55. The van der Waals surface area contributed by atoms with E-state index in [9.17, 15) is 4.79 Å². The summed E-state index contributed by atoms with van der Waals surface area (Å²) in [4.78, 5) is 10.5. The lowest BCUT2D eigenvalue weighted by molar-refractivity contribution is -0.152. The first-order valence-corrected chi connectivity index (χ1v) is 5.55. The molecule has 0 radical (unpaired) electrons. The van der Waals surface area contributed by atoms with Gasteiger partial charge in [0.1, 0.15) is 0 Å². The maximum absolute atomic E-state index is 10.5. The van der Waals surface area contributed by atoms with E-state index in [1.807, 2.05) is 0 Å². The van der Waals surface area contributed by atoms with Gasteiger partial charge >= 0.3 is 5.97 Å². The van der Waals surface area contributed by atoms with Gasteiger partial charge in [-0.15, -0.1) is 0 Å². The number of hydrogen-bond acceptors (Lipinski definition) is 3. The molecule has 0 aromatic rings. The summed E-state index contributed by atoms with van der Waals surface area (Å²) in [7, 11) is 1.38. The smallest absolute Gasteiger partial charge is 0.335 e. The van der Waals surface area contributed by atoms with Gasteiger partial charge in [0.15, 0.2) is 6.10 Å². The van der Waals surface area contributed by atoms with Crippen molar-refractivity contribution in [3.8, 4) is 0 Å². The average molecular weight is 218 g/mol. The fourth-order valence-electron chi connectivity index (χ4n) is 1.24. The third-order valence-electron chi connectivity index (χ3n) is 2.22. The van der Waals surface area contributed by atoms with E-state index in [1.54, 1.807) is 0 Å². The number of unbranched alkanes of at least 4 members (excludes halogenated alkanes) is 4. The van der Waals surface area contributed by atoms with Crippen LogP contribution in [0.4, 0.5) is 0 Å². The number of aliphatic carboxylic acids is 1. The van der Waals surface area contributed by atoms with Crippen LogP contribution in [0.2, 0.25) is 0 Å². The van der Waals surface area contributed by atoms with Crippen LogP contribution in [0.25, 0.3) is 0 Å². The Morgan fingerprint density at radius 1 is 1.27 bits per heavy atom. The molecular formula is C11H22O4. The Morgan fingerprint density at radius 2 is 1.93 bits per heavy atom. The second-order valence-corrected chi connectivity index (χ2v) is 3.55. The number of ether oxygens (including phenoxy) is 2. The minimum Gasteiger partial charge on any atom is -0.479 e. The second kappa shape index (κ2) is 9.93. The molecule has 0 aliphatic rings. The van der Waals surface area contributed by atoms with Crippen LogP contribution < -0.4 is 0 Å². The minimum atomic E-state index is -0.969. The van der Waals surface area contributed by atoms with Gasteiger partial charge in [-0.3, -0.25) is 0 Å². The van der Waals surface area contributed by atoms with Gasteiger partial charge in [0.2, 0.25) is 0 Å². The van der Waals surface area contributed by atoms with Crippen molar-refractivity contribution in [2.75, 3.05) is 20.3 Å². The maximum Gasteiger partial charge on any atom is 0.335 e. The Labute approximate surface area is 91.6 Å². The van der Waals surface area contributed by atoms with Crippen LogP contribution in [0, 0.1) is 0 Å². The van der Waals surface area contributed by atoms with E-state index in [4.69, 9.17) is 14.6 Å². The number of rotatable bonds is 10. The van der Waals surface area contributed by atoms with Crippen molar-refractivity contribution in [3.63, 3.8) is 0 Å². The predicted molar refractivity (Wildman–Crippen MR) is 58.0 cm³/mol. The quantitative estimate of drug-likeness (QED) is 0.570. The zero-order chi connectivity index (χ0) is 11.5. The van der Waals surface area contributed by atoms with Gasteiger partial charge in [-0.05, 0) is 6.42 Å². The lowest BCUT2D eigenvalue weighted by atomic mass is 10.2. The highest BCUT2D eigenvalue weighted by atomic mass is 16.5. The van der Waals surface area contributed by atoms with Crippen molar-refractivity contribution in [2.45, 2.75) is 45.1 Å². The molecule has 0 fully saturated rings. The zero-order valence-corrected chi connectivity index (χ0v) is 9.70. The Kier molecular flexibility index (Phi) is 9.52. The van der Waals surface area contributed by atoms with Crippen LogP contribution >= 0.6 is 0 Å². The Hall–Kier alpha value is -0.610. The van der Waals surface area contributed by atoms with Gasteiger partial charge in [0.05, 0.1) is 6.61 Å². The first-order valence-electron chi connectivity index (χ1n) is 5.55. The van der Waals surface area contributed by atoms with Crippen LogP contribution in [-0.4, -0.2) is 37.5 Å². The third-order valence-corrected chi connectivity index (χ3v) is 2.22.